The highest BCUT2D eigenvalue weighted by molar-refractivity contribution is 7.17. The Kier molecular flexibility index (Phi) is 4.65. The monoisotopic (exact) mass is 297 g/mol. The van der Waals surface area contributed by atoms with Crippen molar-refractivity contribution in [3.63, 3.8) is 0 Å². The zero-order valence-corrected chi connectivity index (χ0v) is 12.6. The first kappa shape index (κ1) is 14.3. The van der Waals surface area contributed by atoms with Gasteiger partial charge in [0.1, 0.15) is 0 Å². The number of fused-ring (bicyclic) bond motifs is 1. The van der Waals surface area contributed by atoms with E-state index in [0.717, 1.165) is 13.0 Å². The third-order valence-electron chi connectivity index (χ3n) is 3.69. The van der Waals surface area contributed by atoms with Gasteiger partial charge in [-0.15, -0.1) is 11.3 Å². The Morgan fingerprint density at radius 3 is 2.57 bits per heavy atom. The number of thiophene rings is 1. The van der Waals surface area contributed by atoms with E-state index in [0.29, 0.717) is 0 Å². The quantitative estimate of drug-likeness (QED) is 0.728. The first-order valence-corrected chi connectivity index (χ1v) is 8.08. The summed E-state index contributed by atoms with van der Waals surface area (Å²) in [6.45, 7) is 0.943. The zero-order chi connectivity index (χ0) is 14.5. The van der Waals surface area contributed by atoms with Crippen molar-refractivity contribution >= 4 is 21.4 Å². The molecule has 0 spiro atoms. The number of aliphatic hydroxyl groups excluding tert-OH is 1. The van der Waals surface area contributed by atoms with Gasteiger partial charge in [-0.1, -0.05) is 48.5 Å². The Morgan fingerprint density at radius 2 is 1.76 bits per heavy atom. The van der Waals surface area contributed by atoms with Crippen LogP contribution in [0.2, 0.25) is 0 Å². The predicted molar refractivity (Wildman–Crippen MR) is 89.7 cm³/mol. The van der Waals surface area contributed by atoms with Gasteiger partial charge in [-0.3, -0.25) is 0 Å². The van der Waals surface area contributed by atoms with Gasteiger partial charge in [0.05, 0.1) is 6.61 Å². The second-order valence-corrected chi connectivity index (χ2v) is 6.12. The molecule has 0 aliphatic carbocycles. The second-order valence-electron chi connectivity index (χ2n) is 5.21. The minimum absolute atomic E-state index is 0.0889. The van der Waals surface area contributed by atoms with Gasteiger partial charge >= 0.3 is 0 Å². The Balaban J connectivity index is 1.65. The van der Waals surface area contributed by atoms with Gasteiger partial charge in [-0.05, 0) is 34.4 Å². The predicted octanol–water partition coefficient (Wildman–Crippen LogP) is 3.59. The summed E-state index contributed by atoms with van der Waals surface area (Å²) in [6, 6.07) is 18.8. The van der Waals surface area contributed by atoms with Crippen molar-refractivity contribution in [2.75, 3.05) is 6.61 Å². The maximum atomic E-state index is 9.57. The molecule has 0 amide bonds. The van der Waals surface area contributed by atoms with E-state index in [1.807, 2.05) is 18.2 Å². The molecule has 0 fully saturated rings. The molecule has 0 unspecified atom stereocenters. The molecule has 0 aliphatic rings. The van der Waals surface area contributed by atoms with Gasteiger partial charge in [-0.25, -0.2) is 0 Å². The van der Waals surface area contributed by atoms with E-state index in [1.54, 1.807) is 11.3 Å². The van der Waals surface area contributed by atoms with Crippen LogP contribution < -0.4 is 5.32 Å². The Hall–Kier alpha value is -1.68. The summed E-state index contributed by atoms with van der Waals surface area (Å²) in [5.41, 5.74) is 2.56. The zero-order valence-electron chi connectivity index (χ0n) is 11.8. The molecule has 1 aromatic heterocycles. The molecule has 0 aliphatic heterocycles. The lowest BCUT2D eigenvalue weighted by atomic mass is 10.1. The summed E-state index contributed by atoms with van der Waals surface area (Å²) in [7, 11) is 0. The van der Waals surface area contributed by atoms with Crippen molar-refractivity contribution in [2.45, 2.75) is 19.0 Å². The van der Waals surface area contributed by atoms with Crippen LogP contribution in [0.4, 0.5) is 0 Å². The minimum atomic E-state index is 0.0889. The van der Waals surface area contributed by atoms with Gasteiger partial charge < -0.3 is 10.4 Å². The fourth-order valence-electron chi connectivity index (χ4n) is 2.52. The molecule has 0 saturated carbocycles. The number of aliphatic hydroxyl groups is 1. The molecule has 108 valence electrons. The van der Waals surface area contributed by atoms with Crippen LogP contribution in [0.15, 0.2) is 60.0 Å². The van der Waals surface area contributed by atoms with Gasteiger partial charge in [0.15, 0.2) is 0 Å². The first-order valence-electron chi connectivity index (χ1n) is 7.20. The van der Waals surface area contributed by atoms with Gasteiger partial charge in [0.25, 0.3) is 0 Å². The van der Waals surface area contributed by atoms with E-state index >= 15 is 0 Å². The molecule has 3 heteroatoms. The highest BCUT2D eigenvalue weighted by atomic mass is 32.1. The summed E-state index contributed by atoms with van der Waals surface area (Å²) in [5.74, 6) is 0. The Morgan fingerprint density at radius 1 is 1.00 bits per heavy atom. The summed E-state index contributed by atoms with van der Waals surface area (Å²) < 4.78 is 1.32. The van der Waals surface area contributed by atoms with Crippen molar-refractivity contribution in [1.82, 2.24) is 5.32 Å². The standard InChI is InChI=1S/C18H19NOS/c20-12-16(10-14-6-2-1-3-7-14)19-11-15-13-21-18-9-5-4-8-17(15)18/h1-9,13,16,19-20H,10-12H2/t16-/m0/s1. The molecule has 2 nitrogen and oxygen atoms in total. The third-order valence-corrected chi connectivity index (χ3v) is 4.70. The largest absolute Gasteiger partial charge is 0.395 e. The van der Waals surface area contributed by atoms with Gasteiger partial charge in [0.2, 0.25) is 0 Å². The van der Waals surface area contributed by atoms with E-state index in [9.17, 15) is 5.11 Å². The molecule has 2 aromatic carbocycles. The van der Waals surface area contributed by atoms with Crippen LogP contribution in [-0.2, 0) is 13.0 Å². The lowest BCUT2D eigenvalue weighted by Crippen LogP contribution is -2.33. The van der Waals surface area contributed by atoms with E-state index < -0.39 is 0 Å². The van der Waals surface area contributed by atoms with Gasteiger partial charge in [-0.2, -0.15) is 0 Å². The molecule has 0 saturated heterocycles. The summed E-state index contributed by atoms with van der Waals surface area (Å²) in [5, 5.41) is 16.6. The van der Waals surface area contributed by atoms with Gasteiger partial charge in [0, 0.05) is 17.3 Å². The van der Waals surface area contributed by atoms with Crippen molar-refractivity contribution < 1.29 is 5.11 Å². The maximum absolute atomic E-state index is 9.57. The van der Waals surface area contributed by atoms with Crippen molar-refractivity contribution in [1.29, 1.82) is 0 Å². The number of hydrogen-bond acceptors (Lipinski definition) is 3. The van der Waals surface area contributed by atoms with Crippen LogP contribution in [0.3, 0.4) is 0 Å². The fourth-order valence-corrected chi connectivity index (χ4v) is 3.49. The third kappa shape index (κ3) is 3.50. The highest BCUT2D eigenvalue weighted by Crippen LogP contribution is 2.25. The molecule has 21 heavy (non-hydrogen) atoms. The molecule has 0 radical (unpaired) electrons. The smallest absolute Gasteiger partial charge is 0.0587 e. The topological polar surface area (TPSA) is 32.3 Å². The Bertz CT molecular complexity index is 693. The molecule has 2 N–H and O–H groups in total. The Labute approximate surface area is 129 Å². The second kappa shape index (κ2) is 6.85. The van der Waals surface area contributed by atoms with E-state index in [4.69, 9.17) is 0 Å². The van der Waals surface area contributed by atoms with Crippen LogP contribution in [0.25, 0.3) is 10.1 Å². The molecular formula is C18H19NOS. The summed E-state index contributed by atoms with van der Waals surface area (Å²) in [4.78, 5) is 0. The average Bonchev–Trinajstić information content (AvgIpc) is 2.96. The van der Waals surface area contributed by atoms with Crippen LogP contribution in [0, 0.1) is 0 Å². The van der Waals surface area contributed by atoms with E-state index in [1.165, 1.54) is 21.2 Å². The lowest BCUT2D eigenvalue weighted by molar-refractivity contribution is 0.241. The number of rotatable bonds is 6. The van der Waals surface area contributed by atoms with Crippen LogP contribution in [0.1, 0.15) is 11.1 Å². The summed E-state index contributed by atoms with van der Waals surface area (Å²) in [6.07, 6.45) is 0.847. The van der Waals surface area contributed by atoms with Crippen molar-refractivity contribution in [3.8, 4) is 0 Å². The number of nitrogens with one attached hydrogen (secondary N) is 1. The summed E-state index contributed by atoms with van der Waals surface area (Å²) >= 11 is 1.77. The first-order chi connectivity index (χ1) is 10.4. The lowest BCUT2D eigenvalue weighted by Gasteiger charge is -2.16. The molecule has 1 heterocycles. The minimum Gasteiger partial charge on any atom is -0.395 e. The SMILES string of the molecule is OC[C@H](Cc1ccccc1)NCc1csc2ccccc12. The fraction of sp³-hybridized carbons (Fsp3) is 0.222. The number of hydrogen-bond donors (Lipinski definition) is 2. The van der Waals surface area contributed by atoms with Crippen molar-refractivity contribution in [2.24, 2.45) is 0 Å². The molecule has 3 rings (SSSR count). The van der Waals surface area contributed by atoms with Crippen molar-refractivity contribution in [3.05, 3.63) is 71.1 Å². The highest BCUT2D eigenvalue weighted by Gasteiger charge is 2.09. The average molecular weight is 297 g/mol. The molecular weight excluding hydrogens is 278 g/mol. The maximum Gasteiger partial charge on any atom is 0.0587 e. The molecule has 3 aromatic rings. The van der Waals surface area contributed by atoms with Crippen LogP contribution >= 0.6 is 11.3 Å². The normalized spacial score (nSPS) is 12.6. The van der Waals surface area contributed by atoms with Crippen LogP contribution in [0.5, 0.6) is 0 Å². The molecule has 0 bridgehead atoms. The van der Waals surface area contributed by atoms with Crippen LogP contribution in [-0.4, -0.2) is 17.8 Å². The van der Waals surface area contributed by atoms with E-state index in [-0.39, 0.29) is 12.6 Å². The van der Waals surface area contributed by atoms with E-state index in [2.05, 4.69) is 47.1 Å². The molecule has 1 atom stereocenters. The number of benzene rings is 2.